The number of nitro groups is 1. The highest BCUT2D eigenvalue weighted by Gasteiger charge is 2.16. The molecule has 0 amide bonds. The summed E-state index contributed by atoms with van der Waals surface area (Å²) in [5.41, 5.74) is 1.36. The van der Waals surface area contributed by atoms with Crippen LogP contribution in [-0.4, -0.2) is 14.5 Å². The van der Waals surface area contributed by atoms with Gasteiger partial charge in [-0.2, -0.15) is 0 Å². The molecule has 0 saturated carbocycles. The quantitative estimate of drug-likeness (QED) is 0.530. The highest BCUT2D eigenvalue weighted by molar-refractivity contribution is 5.76. The predicted molar refractivity (Wildman–Crippen MR) is 89.0 cm³/mol. The van der Waals surface area contributed by atoms with E-state index >= 15 is 0 Å². The molecule has 7 heteroatoms. The number of oxazole rings is 1. The van der Waals surface area contributed by atoms with Crippen molar-refractivity contribution in [1.29, 1.82) is 0 Å². The smallest absolute Gasteiger partial charge is 0.334 e. The summed E-state index contributed by atoms with van der Waals surface area (Å²) >= 11 is 0. The van der Waals surface area contributed by atoms with Gasteiger partial charge >= 0.3 is 11.2 Å². The van der Waals surface area contributed by atoms with Crippen LogP contribution in [0.2, 0.25) is 0 Å². The maximum absolute atomic E-state index is 12.1. The molecule has 0 unspecified atom stereocenters. The van der Waals surface area contributed by atoms with Crippen LogP contribution in [0, 0.1) is 16.0 Å². The summed E-state index contributed by atoms with van der Waals surface area (Å²) < 4.78 is 7.05. The zero-order valence-electron chi connectivity index (χ0n) is 13.4. The van der Waals surface area contributed by atoms with Gasteiger partial charge in [-0.25, -0.2) is 4.98 Å². The number of rotatable bonds is 5. The van der Waals surface area contributed by atoms with Crippen molar-refractivity contribution >= 4 is 16.8 Å². The molecule has 7 nitrogen and oxygen atoms in total. The first kappa shape index (κ1) is 15.9. The van der Waals surface area contributed by atoms with Crippen molar-refractivity contribution in [3.8, 4) is 0 Å². The third-order valence-electron chi connectivity index (χ3n) is 3.67. The number of aromatic nitrogens is 2. The molecule has 3 aromatic rings. The van der Waals surface area contributed by atoms with Gasteiger partial charge in [-0.15, -0.1) is 0 Å². The van der Waals surface area contributed by atoms with Crippen molar-refractivity contribution in [3.63, 3.8) is 0 Å². The van der Waals surface area contributed by atoms with Gasteiger partial charge in [0.05, 0.1) is 4.92 Å². The fourth-order valence-corrected chi connectivity index (χ4v) is 2.65. The molecule has 0 aliphatic heterocycles. The van der Waals surface area contributed by atoms with Crippen molar-refractivity contribution < 1.29 is 9.34 Å². The summed E-state index contributed by atoms with van der Waals surface area (Å²) in [5.74, 6) is 0.826. The van der Waals surface area contributed by atoms with Crippen LogP contribution in [0.1, 0.15) is 25.3 Å². The second-order valence-electron chi connectivity index (χ2n) is 6.05. The molecule has 0 N–H and O–H groups in total. The van der Waals surface area contributed by atoms with Gasteiger partial charge in [0.1, 0.15) is 12.1 Å². The third kappa shape index (κ3) is 3.05. The second-order valence-corrected chi connectivity index (χ2v) is 6.05. The van der Waals surface area contributed by atoms with E-state index in [1.54, 1.807) is 0 Å². The largest absolute Gasteiger partial charge is 0.438 e. The van der Waals surface area contributed by atoms with Gasteiger partial charge in [0.25, 0.3) is 0 Å². The highest BCUT2D eigenvalue weighted by atomic mass is 16.6. The molecule has 0 fully saturated rings. The van der Waals surface area contributed by atoms with Crippen molar-refractivity contribution in [1.82, 2.24) is 9.55 Å². The maximum Gasteiger partial charge on any atom is 0.334 e. The third-order valence-corrected chi connectivity index (χ3v) is 3.67. The molecule has 0 spiro atoms. The fraction of sp³-hybridized carbons (Fsp3) is 0.294. The molecule has 3 rings (SSSR count). The van der Waals surface area contributed by atoms with E-state index in [4.69, 9.17) is 4.42 Å². The number of pyridine rings is 1. The molecule has 2 aromatic heterocycles. The summed E-state index contributed by atoms with van der Waals surface area (Å²) in [6.07, 6.45) is 2.35. The molecule has 1 aromatic carbocycles. The van der Waals surface area contributed by atoms with Crippen LogP contribution in [0.4, 0.5) is 5.69 Å². The normalized spacial score (nSPS) is 11.3. The molecule has 0 radical (unpaired) electrons. The fourth-order valence-electron chi connectivity index (χ4n) is 2.65. The Bertz CT molecular complexity index is 956. The Morgan fingerprint density at radius 3 is 2.79 bits per heavy atom. The molecule has 0 aliphatic rings. The summed E-state index contributed by atoms with van der Waals surface area (Å²) in [4.78, 5) is 26.7. The Morgan fingerprint density at radius 1 is 1.29 bits per heavy atom. The Labute approximate surface area is 137 Å². The molecule has 0 aliphatic carbocycles. The molecule has 0 saturated heterocycles. The lowest BCUT2D eigenvalue weighted by atomic mass is 10.0. The Kier molecular flexibility index (Phi) is 4.16. The van der Waals surface area contributed by atoms with Crippen LogP contribution in [-0.2, 0) is 13.0 Å². The Morgan fingerprint density at radius 2 is 2.08 bits per heavy atom. The van der Waals surface area contributed by atoms with Gasteiger partial charge in [0.2, 0.25) is 5.89 Å². The Hall–Kier alpha value is -2.96. The van der Waals surface area contributed by atoms with Crippen molar-refractivity contribution in [2.24, 2.45) is 5.92 Å². The molecular weight excluding hydrogens is 310 g/mol. The molecule has 0 bridgehead atoms. The van der Waals surface area contributed by atoms with E-state index < -0.39 is 16.2 Å². The first-order valence-electron chi connectivity index (χ1n) is 7.67. The minimum absolute atomic E-state index is 0.0519. The van der Waals surface area contributed by atoms with Crippen LogP contribution in [0.15, 0.2) is 45.7 Å². The Balaban J connectivity index is 1.98. The van der Waals surface area contributed by atoms with Gasteiger partial charge in [-0.1, -0.05) is 26.0 Å². The van der Waals surface area contributed by atoms with Gasteiger partial charge in [0.15, 0.2) is 5.58 Å². The van der Waals surface area contributed by atoms with Gasteiger partial charge in [-0.05, 0) is 30.0 Å². The lowest BCUT2D eigenvalue weighted by molar-refractivity contribution is -0.386. The van der Waals surface area contributed by atoms with Gasteiger partial charge in [0, 0.05) is 12.3 Å². The van der Waals surface area contributed by atoms with E-state index in [1.807, 2.05) is 18.2 Å². The molecular formula is C17H17N3O4. The second kappa shape index (κ2) is 6.27. The zero-order valence-corrected chi connectivity index (χ0v) is 13.4. The average molecular weight is 327 g/mol. The first-order chi connectivity index (χ1) is 11.5. The maximum atomic E-state index is 12.1. The van der Waals surface area contributed by atoms with Crippen molar-refractivity contribution in [3.05, 3.63) is 68.5 Å². The average Bonchev–Trinajstić information content (AvgIpc) is 2.92. The lowest BCUT2D eigenvalue weighted by Gasteiger charge is -2.04. The van der Waals surface area contributed by atoms with E-state index in [2.05, 4.69) is 18.8 Å². The lowest BCUT2D eigenvalue weighted by Crippen LogP contribution is -2.22. The summed E-state index contributed by atoms with van der Waals surface area (Å²) in [5, 5.41) is 10.9. The van der Waals surface area contributed by atoms with E-state index in [1.165, 1.54) is 22.9 Å². The van der Waals surface area contributed by atoms with Crippen molar-refractivity contribution in [2.75, 3.05) is 0 Å². The number of nitrogens with zero attached hydrogens (tertiary/aromatic N) is 3. The summed E-state index contributed by atoms with van der Waals surface area (Å²) in [7, 11) is 0. The summed E-state index contributed by atoms with van der Waals surface area (Å²) in [6, 6.07) is 8.42. The molecule has 124 valence electrons. The number of fused-ring (bicyclic) bond motifs is 1. The summed E-state index contributed by atoms with van der Waals surface area (Å²) in [6.45, 7) is 4.30. The van der Waals surface area contributed by atoms with Crippen LogP contribution in [0.25, 0.3) is 11.1 Å². The van der Waals surface area contributed by atoms with Crippen LogP contribution < -0.4 is 5.56 Å². The van der Waals surface area contributed by atoms with Crippen LogP contribution >= 0.6 is 0 Å². The van der Waals surface area contributed by atoms with Crippen LogP contribution in [0.3, 0.4) is 0 Å². The number of benzene rings is 1. The van der Waals surface area contributed by atoms with Gasteiger partial charge < -0.3 is 8.98 Å². The van der Waals surface area contributed by atoms with E-state index in [0.717, 1.165) is 17.5 Å². The van der Waals surface area contributed by atoms with Crippen LogP contribution in [0.5, 0.6) is 0 Å². The topological polar surface area (TPSA) is 91.2 Å². The molecule has 0 atom stereocenters. The highest BCUT2D eigenvalue weighted by Crippen LogP contribution is 2.22. The minimum Gasteiger partial charge on any atom is -0.438 e. The number of para-hydroxylation sites is 1. The zero-order chi connectivity index (χ0) is 17.3. The standard InChI is InChI=1S/C17H17N3O4/c1-11(2)9-12-5-3-6-13-16(12)24-15(18-13)10-19-8-4-7-14(17(19)21)20(22)23/h3-8,11H,9-10H2,1-2H3. The SMILES string of the molecule is CC(C)Cc1cccc2nc(Cn3cccc([N+](=O)[O-])c3=O)oc12. The van der Waals surface area contributed by atoms with Crippen molar-refractivity contribution in [2.45, 2.75) is 26.8 Å². The van der Waals surface area contributed by atoms with E-state index in [9.17, 15) is 14.9 Å². The minimum atomic E-state index is -0.689. The van der Waals surface area contributed by atoms with Gasteiger partial charge in [-0.3, -0.25) is 14.9 Å². The number of hydrogen-bond donors (Lipinski definition) is 0. The predicted octanol–water partition coefficient (Wildman–Crippen LogP) is 3.14. The molecule has 24 heavy (non-hydrogen) atoms. The number of hydrogen-bond acceptors (Lipinski definition) is 5. The van der Waals surface area contributed by atoms with E-state index in [-0.39, 0.29) is 6.54 Å². The van der Waals surface area contributed by atoms with E-state index in [0.29, 0.717) is 17.4 Å². The molecule has 2 heterocycles. The monoisotopic (exact) mass is 327 g/mol. The first-order valence-corrected chi connectivity index (χ1v) is 7.67.